The molecule has 1 aromatic carbocycles. The molecule has 1 atom stereocenters. The molecule has 0 N–H and O–H groups in total. The molecule has 0 bridgehead atoms. The summed E-state index contributed by atoms with van der Waals surface area (Å²) >= 11 is 7.32. The first kappa shape index (κ1) is 23.4. The lowest BCUT2D eigenvalue weighted by Crippen LogP contribution is -2.31. The zero-order chi connectivity index (χ0) is 23.6. The molecule has 0 fully saturated rings. The Labute approximate surface area is 203 Å². The van der Waals surface area contributed by atoms with Gasteiger partial charge in [-0.3, -0.25) is 9.78 Å². The van der Waals surface area contributed by atoms with Crippen LogP contribution in [-0.2, 0) is 14.9 Å². The first-order chi connectivity index (χ1) is 15.8. The summed E-state index contributed by atoms with van der Waals surface area (Å²) in [5, 5.41) is 2.93. The van der Waals surface area contributed by atoms with Gasteiger partial charge in [-0.25, -0.2) is 9.97 Å². The van der Waals surface area contributed by atoms with E-state index in [1.807, 2.05) is 36.4 Å². The number of hydrogen-bond acceptors (Lipinski definition) is 7. The molecule has 0 saturated carbocycles. The summed E-state index contributed by atoms with van der Waals surface area (Å²) < 4.78 is 11.1. The highest BCUT2D eigenvalue weighted by Gasteiger charge is 2.32. The summed E-state index contributed by atoms with van der Waals surface area (Å²) in [7, 11) is 4.03. The summed E-state index contributed by atoms with van der Waals surface area (Å²) in [6.45, 7) is 3.55. The standard InChI is InChI=1S/C24H21ClN3O3PS/c1-24(2,23(29)30-3)18-10-6-15(12-26-18)20-22(33-19-11-7-16(25)13-27-19)31-21(28-20)14-4-8-17(32)9-5-14/h4-13H,32H2,1-3H3. The topological polar surface area (TPSA) is 78.1 Å². The fraction of sp³-hybridized carbons (Fsp3) is 0.167. The van der Waals surface area contributed by atoms with Gasteiger partial charge in [-0.15, -0.1) is 9.24 Å². The van der Waals surface area contributed by atoms with Crippen molar-refractivity contribution in [3.05, 3.63) is 71.6 Å². The van der Waals surface area contributed by atoms with Crippen LogP contribution in [0, 0.1) is 0 Å². The van der Waals surface area contributed by atoms with Gasteiger partial charge in [-0.1, -0.05) is 23.7 Å². The molecular weight excluding hydrogens is 477 g/mol. The normalized spacial score (nSPS) is 11.4. The number of nitrogens with zero attached hydrogens (tertiary/aromatic N) is 3. The zero-order valence-corrected chi connectivity index (χ0v) is 20.9. The highest BCUT2D eigenvalue weighted by Crippen LogP contribution is 2.38. The maximum Gasteiger partial charge on any atom is 0.317 e. The van der Waals surface area contributed by atoms with Gasteiger partial charge >= 0.3 is 5.97 Å². The first-order valence-corrected chi connectivity index (χ1v) is 11.8. The third kappa shape index (κ3) is 5.11. The lowest BCUT2D eigenvalue weighted by molar-refractivity contribution is -0.146. The summed E-state index contributed by atoms with van der Waals surface area (Å²) in [5.41, 5.74) is 1.99. The Morgan fingerprint density at radius 3 is 2.36 bits per heavy atom. The van der Waals surface area contributed by atoms with Crippen molar-refractivity contribution in [3.8, 4) is 22.7 Å². The van der Waals surface area contributed by atoms with Crippen molar-refractivity contribution in [2.75, 3.05) is 7.11 Å². The molecule has 3 heterocycles. The van der Waals surface area contributed by atoms with Gasteiger partial charge in [-0.05, 0) is 67.3 Å². The number of ether oxygens (including phenoxy) is 1. The van der Waals surface area contributed by atoms with Crippen molar-refractivity contribution in [1.29, 1.82) is 0 Å². The van der Waals surface area contributed by atoms with Crippen molar-refractivity contribution in [3.63, 3.8) is 0 Å². The van der Waals surface area contributed by atoms with E-state index < -0.39 is 5.41 Å². The third-order valence-electron chi connectivity index (χ3n) is 5.02. The van der Waals surface area contributed by atoms with Crippen molar-refractivity contribution >= 4 is 43.9 Å². The lowest BCUT2D eigenvalue weighted by atomic mass is 9.88. The molecule has 0 amide bonds. The number of methoxy groups -OCH3 is 1. The molecule has 0 aliphatic carbocycles. The molecule has 1 unspecified atom stereocenters. The van der Waals surface area contributed by atoms with Gasteiger partial charge in [0.25, 0.3) is 0 Å². The highest BCUT2D eigenvalue weighted by atomic mass is 35.5. The highest BCUT2D eigenvalue weighted by molar-refractivity contribution is 7.99. The van der Waals surface area contributed by atoms with E-state index in [1.54, 1.807) is 38.4 Å². The molecule has 33 heavy (non-hydrogen) atoms. The number of esters is 1. The fourth-order valence-corrected chi connectivity index (χ4v) is 4.20. The van der Waals surface area contributed by atoms with Gasteiger partial charge < -0.3 is 9.15 Å². The van der Waals surface area contributed by atoms with Crippen molar-refractivity contribution in [1.82, 2.24) is 15.0 Å². The number of benzene rings is 1. The van der Waals surface area contributed by atoms with Crippen LogP contribution in [0.3, 0.4) is 0 Å². The number of halogens is 1. The minimum Gasteiger partial charge on any atom is -0.468 e. The van der Waals surface area contributed by atoms with Gasteiger partial charge in [0.15, 0.2) is 5.09 Å². The number of rotatable bonds is 6. The van der Waals surface area contributed by atoms with E-state index in [2.05, 4.69) is 19.2 Å². The smallest absolute Gasteiger partial charge is 0.317 e. The second kappa shape index (κ2) is 9.64. The molecule has 0 aliphatic heterocycles. The maximum absolute atomic E-state index is 12.1. The van der Waals surface area contributed by atoms with Gasteiger partial charge in [0, 0.05) is 23.5 Å². The van der Waals surface area contributed by atoms with Gasteiger partial charge in [0.05, 0.1) is 17.8 Å². The predicted molar refractivity (Wildman–Crippen MR) is 133 cm³/mol. The predicted octanol–water partition coefficient (Wildman–Crippen LogP) is 5.55. The van der Waals surface area contributed by atoms with Crippen LogP contribution in [-0.4, -0.2) is 28.0 Å². The Morgan fingerprint density at radius 1 is 1.03 bits per heavy atom. The van der Waals surface area contributed by atoms with Crippen LogP contribution < -0.4 is 5.30 Å². The molecule has 9 heteroatoms. The number of aromatic nitrogens is 3. The van der Waals surface area contributed by atoms with Crippen molar-refractivity contribution < 1.29 is 13.9 Å². The van der Waals surface area contributed by atoms with Crippen LogP contribution in [0.5, 0.6) is 0 Å². The van der Waals surface area contributed by atoms with E-state index in [0.717, 1.165) is 21.5 Å². The van der Waals surface area contributed by atoms with Crippen LogP contribution in [0.1, 0.15) is 19.5 Å². The average molecular weight is 498 g/mol. The molecule has 0 spiro atoms. The Kier molecular flexibility index (Phi) is 6.84. The Balaban J connectivity index is 1.74. The van der Waals surface area contributed by atoms with Crippen molar-refractivity contribution in [2.45, 2.75) is 29.4 Å². The zero-order valence-electron chi connectivity index (χ0n) is 18.2. The Bertz CT molecular complexity index is 1270. The van der Waals surface area contributed by atoms with E-state index in [4.69, 9.17) is 25.7 Å². The molecular formula is C24H21ClN3O3PS. The summed E-state index contributed by atoms with van der Waals surface area (Å²) in [5.74, 6) is 0.138. The van der Waals surface area contributed by atoms with E-state index in [0.29, 0.717) is 27.4 Å². The maximum atomic E-state index is 12.1. The van der Waals surface area contributed by atoms with Crippen molar-refractivity contribution in [2.24, 2.45) is 0 Å². The van der Waals surface area contributed by atoms with Crippen LogP contribution in [0.15, 0.2) is 75.5 Å². The van der Waals surface area contributed by atoms with Gasteiger partial charge in [-0.2, -0.15) is 0 Å². The minimum atomic E-state index is -0.868. The quantitative estimate of drug-likeness (QED) is 0.255. The van der Waals surface area contributed by atoms with E-state index in [9.17, 15) is 4.79 Å². The molecule has 0 saturated heterocycles. The molecule has 6 nitrogen and oxygen atoms in total. The van der Waals surface area contributed by atoms with E-state index in [1.165, 1.54) is 18.9 Å². The van der Waals surface area contributed by atoms with E-state index >= 15 is 0 Å². The Hall–Kier alpha value is -2.73. The Morgan fingerprint density at radius 2 is 1.76 bits per heavy atom. The van der Waals surface area contributed by atoms with Crippen LogP contribution >= 0.6 is 32.6 Å². The lowest BCUT2D eigenvalue weighted by Gasteiger charge is -2.20. The first-order valence-electron chi connectivity index (χ1n) is 9.99. The summed E-state index contributed by atoms with van der Waals surface area (Å²) in [4.78, 5) is 25.8. The third-order valence-corrected chi connectivity index (χ3v) is 6.55. The van der Waals surface area contributed by atoms with Crippen LogP contribution in [0.25, 0.3) is 22.7 Å². The van der Waals surface area contributed by atoms with Gasteiger partial charge in [0.1, 0.15) is 16.1 Å². The minimum absolute atomic E-state index is 0.353. The largest absolute Gasteiger partial charge is 0.468 e. The van der Waals surface area contributed by atoms with Crippen LogP contribution in [0.2, 0.25) is 5.02 Å². The molecule has 0 aliphatic rings. The van der Waals surface area contributed by atoms with Gasteiger partial charge in [0.2, 0.25) is 5.89 Å². The molecule has 168 valence electrons. The number of carbonyl (C=O) groups excluding carboxylic acids is 1. The van der Waals surface area contributed by atoms with E-state index in [-0.39, 0.29) is 5.97 Å². The van der Waals surface area contributed by atoms with Crippen LogP contribution in [0.4, 0.5) is 0 Å². The SMILES string of the molecule is COC(=O)C(C)(C)c1ccc(-c2nc(-c3ccc(P)cc3)oc2Sc2ccc(Cl)cn2)cn1. The second-order valence-corrected chi connectivity index (χ2v) is 9.84. The summed E-state index contributed by atoms with van der Waals surface area (Å²) in [6, 6.07) is 15.1. The molecule has 4 rings (SSSR count). The number of oxazole rings is 1. The monoisotopic (exact) mass is 497 g/mol. The molecule has 3 aromatic heterocycles. The average Bonchev–Trinajstić information content (AvgIpc) is 3.24. The summed E-state index contributed by atoms with van der Waals surface area (Å²) in [6.07, 6.45) is 3.27. The molecule has 0 radical (unpaired) electrons. The number of pyridine rings is 2. The molecule has 4 aromatic rings. The number of carbonyl (C=O) groups is 1. The fourth-order valence-electron chi connectivity index (χ4n) is 3.09. The number of hydrogen-bond donors (Lipinski definition) is 0. The second-order valence-electron chi connectivity index (χ2n) is 7.74.